The standard InChI is InChI=1S/C10H10N2O/c11-7-6-10(12)13-8-9-4-2-1-3-5-9/h1-5,12H,6,8H2. The van der Waals surface area contributed by atoms with Crippen LogP contribution in [0, 0.1) is 16.7 Å². The zero-order valence-corrected chi connectivity index (χ0v) is 7.16. The first-order chi connectivity index (χ1) is 6.33. The molecule has 0 fully saturated rings. The third-order valence-corrected chi connectivity index (χ3v) is 1.50. The van der Waals surface area contributed by atoms with Crippen LogP contribution >= 0.6 is 0 Å². The molecule has 0 amide bonds. The summed E-state index contributed by atoms with van der Waals surface area (Å²) in [7, 11) is 0. The second-order valence-electron chi connectivity index (χ2n) is 2.53. The summed E-state index contributed by atoms with van der Waals surface area (Å²) < 4.78 is 5.03. The van der Waals surface area contributed by atoms with Gasteiger partial charge >= 0.3 is 0 Å². The van der Waals surface area contributed by atoms with Crippen molar-refractivity contribution in [2.24, 2.45) is 0 Å². The molecule has 66 valence electrons. The highest BCUT2D eigenvalue weighted by atomic mass is 16.5. The van der Waals surface area contributed by atoms with E-state index in [1.54, 1.807) is 0 Å². The summed E-state index contributed by atoms with van der Waals surface area (Å²) >= 11 is 0. The van der Waals surface area contributed by atoms with Gasteiger partial charge in [0.05, 0.1) is 6.07 Å². The summed E-state index contributed by atoms with van der Waals surface area (Å²) in [6.07, 6.45) is 0.0346. The van der Waals surface area contributed by atoms with Gasteiger partial charge in [0.2, 0.25) is 0 Å². The topological polar surface area (TPSA) is 56.9 Å². The third-order valence-electron chi connectivity index (χ3n) is 1.50. The predicted molar refractivity (Wildman–Crippen MR) is 49.2 cm³/mol. The van der Waals surface area contributed by atoms with Crippen molar-refractivity contribution >= 4 is 5.90 Å². The van der Waals surface area contributed by atoms with Gasteiger partial charge in [-0.05, 0) is 5.56 Å². The second-order valence-corrected chi connectivity index (χ2v) is 2.53. The second kappa shape index (κ2) is 4.94. The van der Waals surface area contributed by atoms with E-state index < -0.39 is 0 Å². The van der Waals surface area contributed by atoms with E-state index in [1.807, 2.05) is 36.4 Å². The van der Waals surface area contributed by atoms with Crippen LogP contribution in [0.1, 0.15) is 12.0 Å². The van der Waals surface area contributed by atoms with Crippen LogP contribution in [0.25, 0.3) is 0 Å². The minimum atomic E-state index is 0.0198. The van der Waals surface area contributed by atoms with Crippen molar-refractivity contribution in [2.75, 3.05) is 0 Å². The zero-order valence-electron chi connectivity index (χ0n) is 7.16. The molecule has 1 N–H and O–H groups in total. The Morgan fingerprint density at radius 3 is 2.69 bits per heavy atom. The van der Waals surface area contributed by atoms with Crippen molar-refractivity contribution in [3.05, 3.63) is 35.9 Å². The average molecular weight is 174 g/mol. The van der Waals surface area contributed by atoms with Gasteiger partial charge in [-0.3, -0.25) is 5.41 Å². The number of rotatable bonds is 3. The van der Waals surface area contributed by atoms with E-state index in [0.717, 1.165) is 5.56 Å². The third kappa shape index (κ3) is 3.39. The average Bonchev–Trinajstić information content (AvgIpc) is 2.17. The van der Waals surface area contributed by atoms with Crippen LogP contribution in [0.2, 0.25) is 0 Å². The molecule has 0 aliphatic carbocycles. The Labute approximate surface area is 77.1 Å². The molecule has 0 bridgehead atoms. The van der Waals surface area contributed by atoms with Gasteiger partial charge in [-0.25, -0.2) is 0 Å². The molecular formula is C10H10N2O. The molecule has 1 aromatic carbocycles. The van der Waals surface area contributed by atoms with E-state index in [0.29, 0.717) is 6.61 Å². The molecule has 0 saturated heterocycles. The summed E-state index contributed by atoms with van der Waals surface area (Å²) in [5, 5.41) is 15.5. The highest BCUT2D eigenvalue weighted by Gasteiger charge is 1.96. The summed E-state index contributed by atoms with van der Waals surface area (Å²) in [5.74, 6) is 0.0198. The van der Waals surface area contributed by atoms with E-state index in [-0.39, 0.29) is 12.3 Å². The molecule has 0 atom stereocenters. The van der Waals surface area contributed by atoms with Crippen LogP contribution in [-0.4, -0.2) is 5.90 Å². The van der Waals surface area contributed by atoms with Crippen LogP contribution in [0.15, 0.2) is 30.3 Å². The van der Waals surface area contributed by atoms with Gasteiger partial charge in [0.25, 0.3) is 0 Å². The number of ether oxygens (including phenoxy) is 1. The summed E-state index contributed by atoms with van der Waals surface area (Å²) in [4.78, 5) is 0. The molecule has 0 heterocycles. The number of nitrogens with zero attached hydrogens (tertiary/aromatic N) is 1. The highest BCUT2D eigenvalue weighted by molar-refractivity contribution is 5.74. The Hall–Kier alpha value is -1.82. The normalized spacial score (nSPS) is 8.85. The first kappa shape index (κ1) is 9.27. The fourth-order valence-electron chi connectivity index (χ4n) is 0.868. The lowest BCUT2D eigenvalue weighted by Gasteiger charge is -2.03. The molecule has 13 heavy (non-hydrogen) atoms. The Morgan fingerprint density at radius 1 is 1.38 bits per heavy atom. The smallest absolute Gasteiger partial charge is 0.195 e. The highest BCUT2D eigenvalue weighted by Crippen LogP contribution is 2.01. The molecular weight excluding hydrogens is 164 g/mol. The molecule has 3 heteroatoms. The molecule has 0 aliphatic heterocycles. The van der Waals surface area contributed by atoms with Gasteiger partial charge in [0.1, 0.15) is 13.0 Å². The monoisotopic (exact) mass is 174 g/mol. The first-order valence-corrected chi connectivity index (χ1v) is 3.94. The number of hydrogen-bond donors (Lipinski definition) is 1. The predicted octanol–water partition coefficient (Wildman–Crippen LogP) is 2.09. The maximum atomic E-state index is 8.26. The minimum Gasteiger partial charge on any atom is -0.476 e. The molecule has 0 unspecified atom stereocenters. The lowest BCUT2D eigenvalue weighted by Crippen LogP contribution is -2.01. The largest absolute Gasteiger partial charge is 0.476 e. The Balaban J connectivity index is 2.36. The number of hydrogen-bond acceptors (Lipinski definition) is 3. The number of nitrogens with one attached hydrogen (secondary N) is 1. The van der Waals surface area contributed by atoms with Crippen molar-refractivity contribution in [1.82, 2.24) is 0 Å². The zero-order chi connectivity index (χ0) is 9.52. The summed E-state index contributed by atoms with van der Waals surface area (Å²) in [6, 6.07) is 11.4. The fourth-order valence-corrected chi connectivity index (χ4v) is 0.868. The van der Waals surface area contributed by atoms with Crippen LogP contribution in [-0.2, 0) is 11.3 Å². The Kier molecular flexibility index (Phi) is 3.52. The van der Waals surface area contributed by atoms with Gasteiger partial charge in [0, 0.05) is 0 Å². The van der Waals surface area contributed by atoms with Crippen molar-refractivity contribution < 1.29 is 4.74 Å². The minimum absolute atomic E-state index is 0.0198. The molecule has 0 spiro atoms. The van der Waals surface area contributed by atoms with Crippen molar-refractivity contribution in [1.29, 1.82) is 10.7 Å². The molecule has 1 rings (SSSR count). The molecule has 0 radical (unpaired) electrons. The summed E-state index contributed by atoms with van der Waals surface area (Å²) in [6.45, 7) is 0.362. The number of nitriles is 1. The van der Waals surface area contributed by atoms with Gasteiger partial charge in [-0.2, -0.15) is 5.26 Å². The van der Waals surface area contributed by atoms with Crippen molar-refractivity contribution in [2.45, 2.75) is 13.0 Å². The molecule has 0 aromatic heterocycles. The lowest BCUT2D eigenvalue weighted by molar-refractivity contribution is 0.284. The van der Waals surface area contributed by atoms with Gasteiger partial charge in [0.15, 0.2) is 5.90 Å². The van der Waals surface area contributed by atoms with E-state index in [4.69, 9.17) is 15.4 Å². The van der Waals surface area contributed by atoms with E-state index in [2.05, 4.69) is 0 Å². The van der Waals surface area contributed by atoms with Crippen LogP contribution in [0.5, 0.6) is 0 Å². The van der Waals surface area contributed by atoms with Gasteiger partial charge in [-0.1, -0.05) is 30.3 Å². The van der Waals surface area contributed by atoms with Crippen LogP contribution < -0.4 is 0 Å². The van der Waals surface area contributed by atoms with E-state index in [1.165, 1.54) is 0 Å². The Bertz CT molecular complexity index is 313. The quantitative estimate of drug-likeness (QED) is 0.563. The van der Waals surface area contributed by atoms with Gasteiger partial charge in [-0.15, -0.1) is 0 Å². The number of benzene rings is 1. The summed E-state index contributed by atoms with van der Waals surface area (Å²) in [5.41, 5.74) is 1.00. The Morgan fingerprint density at radius 2 is 2.08 bits per heavy atom. The maximum Gasteiger partial charge on any atom is 0.195 e. The lowest BCUT2D eigenvalue weighted by atomic mass is 10.2. The van der Waals surface area contributed by atoms with Crippen molar-refractivity contribution in [3.8, 4) is 6.07 Å². The van der Waals surface area contributed by atoms with Crippen LogP contribution in [0.4, 0.5) is 0 Å². The fraction of sp³-hybridized carbons (Fsp3) is 0.200. The van der Waals surface area contributed by atoms with Crippen molar-refractivity contribution in [3.63, 3.8) is 0 Å². The van der Waals surface area contributed by atoms with E-state index >= 15 is 0 Å². The van der Waals surface area contributed by atoms with Gasteiger partial charge < -0.3 is 4.74 Å². The first-order valence-electron chi connectivity index (χ1n) is 3.94. The SMILES string of the molecule is N#CCC(=N)OCc1ccccc1. The molecule has 0 aliphatic rings. The molecule has 3 nitrogen and oxygen atoms in total. The van der Waals surface area contributed by atoms with Crippen LogP contribution in [0.3, 0.4) is 0 Å². The van der Waals surface area contributed by atoms with E-state index in [9.17, 15) is 0 Å². The molecule has 1 aromatic rings. The molecule has 0 saturated carbocycles. The maximum absolute atomic E-state index is 8.26.